The summed E-state index contributed by atoms with van der Waals surface area (Å²) < 4.78 is 5.63. The summed E-state index contributed by atoms with van der Waals surface area (Å²) in [5, 5.41) is 0.611. The lowest BCUT2D eigenvalue weighted by atomic mass is 10.1. The van der Waals surface area contributed by atoms with E-state index in [0.717, 1.165) is 26.7 Å². The van der Waals surface area contributed by atoms with E-state index in [4.69, 9.17) is 16.3 Å². The largest absolute Gasteiger partial charge is 0.488 e. The highest BCUT2D eigenvalue weighted by molar-refractivity contribution is 6.30. The number of rotatable bonds is 2. The third kappa shape index (κ3) is 3.21. The molecule has 128 valence electrons. The van der Waals surface area contributed by atoms with Crippen molar-refractivity contribution in [3.05, 3.63) is 58.2 Å². The van der Waals surface area contributed by atoms with Gasteiger partial charge < -0.3 is 4.74 Å². The van der Waals surface area contributed by atoms with Crippen LogP contribution in [0.3, 0.4) is 0 Å². The van der Waals surface area contributed by atoms with Crippen molar-refractivity contribution in [2.45, 2.75) is 0 Å². The fourth-order valence-corrected chi connectivity index (χ4v) is 2.70. The molecule has 0 aromatic heterocycles. The molecule has 1 aromatic rings. The van der Waals surface area contributed by atoms with Crippen LogP contribution in [0.5, 0.6) is 5.75 Å². The Morgan fingerprint density at radius 3 is 2.48 bits per heavy atom. The number of amides is 4. The number of carbonyl (C=O) groups excluding carboxylic acids is 3. The van der Waals surface area contributed by atoms with Gasteiger partial charge in [0.1, 0.15) is 17.9 Å². The molecule has 0 spiro atoms. The van der Waals surface area contributed by atoms with E-state index in [-0.39, 0.29) is 5.57 Å². The van der Waals surface area contributed by atoms with Gasteiger partial charge in [-0.15, -0.1) is 0 Å². The molecule has 0 saturated carbocycles. The number of urea groups is 1. The summed E-state index contributed by atoms with van der Waals surface area (Å²) in [5.41, 5.74) is 1.66. The first-order chi connectivity index (χ1) is 11.9. The molecule has 0 unspecified atom stereocenters. The Labute approximate surface area is 149 Å². The Hall–Kier alpha value is -2.86. The molecule has 0 atom stereocenters. The summed E-state index contributed by atoms with van der Waals surface area (Å²) in [6, 6.07) is 4.71. The number of allylic oxidation sites excluding steroid dienone is 2. The van der Waals surface area contributed by atoms with Crippen LogP contribution in [-0.2, 0) is 9.59 Å². The maximum Gasteiger partial charge on any atom is 0.333 e. The van der Waals surface area contributed by atoms with Crippen LogP contribution in [0.25, 0.3) is 6.08 Å². The molecule has 1 saturated heterocycles. The number of halogens is 1. The standard InChI is InChI=1S/C18H15ClN2O4/c1-20-16(22)14(17(23)21(2)18(20)24)5-3-4-11-8-12-9-13(19)6-7-15(12)25-10-11/h3-9H,10H2,1-2H3/b4-3+. The first kappa shape index (κ1) is 17.0. The molecule has 2 aliphatic heterocycles. The molecule has 1 fully saturated rings. The first-order valence-electron chi connectivity index (χ1n) is 7.50. The van der Waals surface area contributed by atoms with Gasteiger partial charge in [0, 0.05) is 24.7 Å². The lowest BCUT2D eigenvalue weighted by Gasteiger charge is -2.28. The fourth-order valence-electron chi connectivity index (χ4n) is 2.52. The Bertz CT molecular complexity index is 844. The molecule has 6 nitrogen and oxygen atoms in total. The minimum atomic E-state index is -0.645. The van der Waals surface area contributed by atoms with Crippen LogP contribution in [0, 0.1) is 0 Å². The number of carbonyl (C=O) groups is 3. The van der Waals surface area contributed by atoms with Gasteiger partial charge in [-0.25, -0.2) is 4.79 Å². The third-order valence-electron chi connectivity index (χ3n) is 3.92. The average molecular weight is 359 g/mol. The van der Waals surface area contributed by atoms with Crippen LogP contribution in [0.1, 0.15) is 5.56 Å². The Morgan fingerprint density at radius 2 is 1.80 bits per heavy atom. The number of benzene rings is 1. The number of nitrogens with zero attached hydrogens (tertiary/aromatic N) is 2. The number of hydrogen-bond acceptors (Lipinski definition) is 4. The second kappa shape index (κ2) is 6.57. The Morgan fingerprint density at radius 1 is 1.12 bits per heavy atom. The summed E-state index contributed by atoms with van der Waals surface area (Å²) >= 11 is 5.98. The average Bonchev–Trinajstić information content (AvgIpc) is 2.61. The monoisotopic (exact) mass is 358 g/mol. The van der Waals surface area contributed by atoms with E-state index >= 15 is 0 Å². The smallest absolute Gasteiger partial charge is 0.333 e. The van der Waals surface area contributed by atoms with Crippen LogP contribution in [0.2, 0.25) is 5.02 Å². The second-order valence-corrected chi connectivity index (χ2v) is 6.08. The van der Waals surface area contributed by atoms with Gasteiger partial charge in [-0.2, -0.15) is 0 Å². The molecule has 25 heavy (non-hydrogen) atoms. The molecule has 0 radical (unpaired) electrons. The van der Waals surface area contributed by atoms with Gasteiger partial charge in [-0.05, 0) is 35.9 Å². The molecular weight excluding hydrogens is 344 g/mol. The number of barbiturate groups is 1. The molecule has 2 aliphatic rings. The second-order valence-electron chi connectivity index (χ2n) is 5.64. The molecule has 2 heterocycles. The molecule has 0 aliphatic carbocycles. The minimum absolute atomic E-state index is 0.0679. The van der Waals surface area contributed by atoms with Crippen molar-refractivity contribution in [2.24, 2.45) is 0 Å². The molecule has 0 N–H and O–H groups in total. The highest BCUT2D eigenvalue weighted by Crippen LogP contribution is 2.29. The summed E-state index contributed by atoms with van der Waals surface area (Å²) in [7, 11) is 2.67. The predicted octanol–water partition coefficient (Wildman–Crippen LogP) is 2.65. The quantitative estimate of drug-likeness (QED) is 0.602. The molecule has 1 aromatic carbocycles. The first-order valence-corrected chi connectivity index (χ1v) is 7.87. The summed E-state index contributed by atoms with van der Waals surface area (Å²) in [4.78, 5) is 37.6. The number of hydrogen-bond donors (Lipinski definition) is 0. The number of likely N-dealkylation sites (N-methyl/N-ethyl adjacent to an activating group) is 2. The lowest BCUT2D eigenvalue weighted by molar-refractivity contribution is -0.134. The maximum absolute atomic E-state index is 12.1. The van der Waals surface area contributed by atoms with E-state index in [1.165, 1.54) is 20.2 Å². The van der Waals surface area contributed by atoms with Gasteiger partial charge in [0.15, 0.2) is 0 Å². The summed E-state index contributed by atoms with van der Waals surface area (Å²) in [5.74, 6) is -0.494. The Balaban J connectivity index is 1.83. The van der Waals surface area contributed by atoms with Crippen LogP contribution in [0.15, 0.2) is 47.6 Å². The van der Waals surface area contributed by atoms with Gasteiger partial charge in [-0.1, -0.05) is 23.8 Å². The van der Waals surface area contributed by atoms with Gasteiger partial charge >= 0.3 is 6.03 Å². The third-order valence-corrected chi connectivity index (χ3v) is 4.16. The fraction of sp³-hybridized carbons (Fsp3) is 0.167. The summed E-state index contributed by atoms with van der Waals surface area (Å²) in [6.07, 6.45) is 6.66. The number of ether oxygens (including phenoxy) is 1. The highest BCUT2D eigenvalue weighted by atomic mass is 35.5. The van der Waals surface area contributed by atoms with E-state index in [1.807, 2.05) is 6.08 Å². The maximum atomic E-state index is 12.1. The normalized spacial score (nSPS) is 17.6. The number of imide groups is 2. The molecule has 4 amide bonds. The van der Waals surface area contributed by atoms with Crippen LogP contribution in [-0.4, -0.2) is 48.3 Å². The number of fused-ring (bicyclic) bond motifs is 1. The van der Waals surface area contributed by atoms with E-state index in [2.05, 4.69) is 0 Å². The lowest BCUT2D eigenvalue weighted by Crippen LogP contribution is -2.52. The van der Waals surface area contributed by atoms with E-state index < -0.39 is 17.8 Å². The van der Waals surface area contributed by atoms with Crippen molar-refractivity contribution in [1.29, 1.82) is 0 Å². The SMILES string of the molecule is CN1C(=O)C(=C/C=C/C2=Cc3cc(Cl)ccc3OC2)C(=O)N(C)C1=O. The van der Waals surface area contributed by atoms with Crippen LogP contribution < -0.4 is 4.74 Å². The van der Waals surface area contributed by atoms with Crippen molar-refractivity contribution in [3.8, 4) is 5.75 Å². The van der Waals surface area contributed by atoms with E-state index in [9.17, 15) is 14.4 Å². The highest BCUT2D eigenvalue weighted by Gasteiger charge is 2.37. The van der Waals surface area contributed by atoms with Gasteiger partial charge in [0.25, 0.3) is 11.8 Å². The summed E-state index contributed by atoms with van der Waals surface area (Å²) in [6.45, 7) is 0.370. The molecular formula is C18H15ClN2O4. The zero-order chi connectivity index (χ0) is 18.1. The van der Waals surface area contributed by atoms with Crippen molar-refractivity contribution >= 4 is 35.5 Å². The van der Waals surface area contributed by atoms with E-state index in [0.29, 0.717) is 11.6 Å². The van der Waals surface area contributed by atoms with Crippen molar-refractivity contribution in [3.63, 3.8) is 0 Å². The van der Waals surface area contributed by atoms with Gasteiger partial charge in [0.05, 0.1) is 0 Å². The van der Waals surface area contributed by atoms with Gasteiger partial charge in [-0.3, -0.25) is 19.4 Å². The predicted molar refractivity (Wildman–Crippen MR) is 93.1 cm³/mol. The zero-order valence-corrected chi connectivity index (χ0v) is 14.4. The minimum Gasteiger partial charge on any atom is -0.488 e. The van der Waals surface area contributed by atoms with Crippen LogP contribution >= 0.6 is 11.6 Å². The molecule has 0 bridgehead atoms. The van der Waals surface area contributed by atoms with Crippen molar-refractivity contribution in [1.82, 2.24) is 9.80 Å². The van der Waals surface area contributed by atoms with Crippen LogP contribution in [0.4, 0.5) is 4.79 Å². The van der Waals surface area contributed by atoms with E-state index in [1.54, 1.807) is 30.4 Å². The topological polar surface area (TPSA) is 66.9 Å². The zero-order valence-electron chi connectivity index (χ0n) is 13.7. The molecule has 7 heteroatoms. The Kier molecular flexibility index (Phi) is 4.46. The molecule has 3 rings (SSSR count). The van der Waals surface area contributed by atoms with Crippen molar-refractivity contribution in [2.75, 3.05) is 20.7 Å². The van der Waals surface area contributed by atoms with Gasteiger partial charge in [0.2, 0.25) is 0 Å². The van der Waals surface area contributed by atoms with Crippen molar-refractivity contribution < 1.29 is 19.1 Å².